The number of hydrogen-bond donors (Lipinski definition) is 2. The molecule has 3 N–H and O–H groups in total. The molecule has 0 aromatic carbocycles. The maximum absolute atomic E-state index is 9.12. The summed E-state index contributed by atoms with van der Waals surface area (Å²) in [7, 11) is 0. The van der Waals surface area contributed by atoms with Gasteiger partial charge in [0.2, 0.25) is 0 Å². The topological polar surface area (TPSA) is 64.1 Å². The van der Waals surface area contributed by atoms with Crippen LogP contribution < -0.4 is 5.73 Å². The molecule has 0 fully saturated rings. The average Bonchev–Trinajstić information content (AvgIpc) is 2.59. The minimum Gasteiger partial charge on any atom is -0.394 e. The van der Waals surface area contributed by atoms with Crippen molar-refractivity contribution < 1.29 is 5.11 Å². The number of rotatable bonds is 5. The van der Waals surface area contributed by atoms with Gasteiger partial charge in [-0.15, -0.1) is 0 Å². The molecule has 0 aliphatic rings. The molecule has 1 atom stereocenters. The Morgan fingerprint density at radius 2 is 2.13 bits per heavy atom. The van der Waals surface area contributed by atoms with Crippen LogP contribution in [0.15, 0.2) is 6.07 Å². The zero-order valence-corrected chi connectivity index (χ0v) is 9.82. The van der Waals surface area contributed by atoms with Crippen LogP contribution in [-0.2, 0) is 19.4 Å². The molecule has 1 aromatic rings. The van der Waals surface area contributed by atoms with E-state index in [1.165, 1.54) is 5.69 Å². The van der Waals surface area contributed by atoms with Gasteiger partial charge in [-0.1, -0.05) is 13.8 Å². The monoisotopic (exact) mass is 211 g/mol. The zero-order valence-electron chi connectivity index (χ0n) is 9.82. The third kappa shape index (κ3) is 3.04. The normalized spacial score (nSPS) is 15.3. The molecule has 1 unspecified atom stereocenters. The standard InChI is InChI=1S/C11H21N3O/c1-4-9-6-10(5-2)14(13-9)7-11(3,12)8-15/h6,15H,4-5,7-8,12H2,1-3H3. The Morgan fingerprint density at radius 3 is 2.60 bits per heavy atom. The quantitative estimate of drug-likeness (QED) is 0.754. The van der Waals surface area contributed by atoms with Gasteiger partial charge in [-0.3, -0.25) is 4.68 Å². The van der Waals surface area contributed by atoms with E-state index >= 15 is 0 Å². The summed E-state index contributed by atoms with van der Waals surface area (Å²) < 4.78 is 1.91. The molecule has 0 radical (unpaired) electrons. The molecule has 1 aromatic heterocycles. The van der Waals surface area contributed by atoms with E-state index in [-0.39, 0.29) is 6.61 Å². The van der Waals surface area contributed by atoms with Crippen LogP contribution in [0.3, 0.4) is 0 Å². The van der Waals surface area contributed by atoms with E-state index < -0.39 is 5.54 Å². The van der Waals surface area contributed by atoms with Gasteiger partial charge in [0, 0.05) is 5.69 Å². The van der Waals surface area contributed by atoms with E-state index in [1.807, 2.05) is 11.6 Å². The summed E-state index contributed by atoms with van der Waals surface area (Å²) in [5.74, 6) is 0. The first-order valence-electron chi connectivity index (χ1n) is 5.47. The van der Waals surface area contributed by atoms with Crippen molar-refractivity contribution >= 4 is 0 Å². The molecule has 0 saturated heterocycles. The second kappa shape index (κ2) is 4.77. The van der Waals surface area contributed by atoms with Crippen LogP contribution >= 0.6 is 0 Å². The van der Waals surface area contributed by atoms with Crippen molar-refractivity contribution in [2.75, 3.05) is 6.61 Å². The fourth-order valence-electron chi connectivity index (χ4n) is 1.50. The molecule has 4 nitrogen and oxygen atoms in total. The first kappa shape index (κ1) is 12.2. The van der Waals surface area contributed by atoms with Gasteiger partial charge in [-0.05, 0) is 25.8 Å². The first-order valence-corrected chi connectivity index (χ1v) is 5.47. The third-order valence-electron chi connectivity index (χ3n) is 2.51. The summed E-state index contributed by atoms with van der Waals surface area (Å²) in [6, 6.07) is 2.10. The lowest BCUT2D eigenvalue weighted by molar-refractivity contribution is 0.187. The van der Waals surface area contributed by atoms with Crippen molar-refractivity contribution in [1.82, 2.24) is 9.78 Å². The highest BCUT2D eigenvalue weighted by molar-refractivity contribution is 5.10. The van der Waals surface area contributed by atoms with Crippen LogP contribution in [0.2, 0.25) is 0 Å². The van der Waals surface area contributed by atoms with Crippen molar-refractivity contribution in [1.29, 1.82) is 0 Å². The summed E-state index contributed by atoms with van der Waals surface area (Å²) in [6.45, 7) is 6.55. The van der Waals surface area contributed by atoms with Gasteiger partial charge in [0.05, 0.1) is 24.4 Å². The molecule has 1 heterocycles. The van der Waals surface area contributed by atoms with E-state index in [2.05, 4.69) is 25.0 Å². The van der Waals surface area contributed by atoms with Gasteiger partial charge in [-0.2, -0.15) is 5.10 Å². The van der Waals surface area contributed by atoms with E-state index in [0.29, 0.717) is 6.54 Å². The highest BCUT2D eigenvalue weighted by Gasteiger charge is 2.19. The number of aromatic nitrogens is 2. The van der Waals surface area contributed by atoms with Crippen molar-refractivity contribution in [2.24, 2.45) is 5.73 Å². The molecule has 86 valence electrons. The van der Waals surface area contributed by atoms with Crippen LogP contribution in [0.1, 0.15) is 32.2 Å². The Morgan fingerprint density at radius 1 is 1.47 bits per heavy atom. The zero-order chi connectivity index (χ0) is 11.5. The number of aliphatic hydroxyl groups excluding tert-OH is 1. The summed E-state index contributed by atoms with van der Waals surface area (Å²) >= 11 is 0. The maximum Gasteiger partial charge on any atom is 0.0626 e. The van der Waals surface area contributed by atoms with Crippen molar-refractivity contribution in [2.45, 2.75) is 45.7 Å². The summed E-state index contributed by atoms with van der Waals surface area (Å²) in [5, 5.41) is 13.6. The van der Waals surface area contributed by atoms with Crippen LogP contribution in [0, 0.1) is 0 Å². The largest absolute Gasteiger partial charge is 0.394 e. The Labute approximate surface area is 91.1 Å². The van der Waals surface area contributed by atoms with Gasteiger partial charge in [0.15, 0.2) is 0 Å². The SMILES string of the molecule is CCc1cc(CC)n(CC(C)(N)CO)n1. The van der Waals surface area contributed by atoms with Crippen LogP contribution in [-0.4, -0.2) is 27.0 Å². The first-order chi connectivity index (χ1) is 7.02. The molecule has 0 amide bonds. The lowest BCUT2D eigenvalue weighted by atomic mass is 10.1. The molecule has 4 heteroatoms. The number of aryl methyl sites for hydroxylation is 2. The fourth-order valence-corrected chi connectivity index (χ4v) is 1.50. The van der Waals surface area contributed by atoms with E-state index in [0.717, 1.165) is 18.5 Å². The molecule has 0 saturated carbocycles. The van der Waals surface area contributed by atoms with Gasteiger partial charge in [0.25, 0.3) is 0 Å². The summed E-state index contributed by atoms with van der Waals surface area (Å²) in [6.07, 6.45) is 1.87. The molecule has 0 spiro atoms. The predicted molar refractivity (Wildman–Crippen MR) is 60.7 cm³/mol. The smallest absolute Gasteiger partial charge is 0.0626 e. The Hall–Kier alpha value is -0.870. The van der Waals surface area contributed by atoms with Crippen molar-refractivity contribution in [3.8, 4) is 0 Å². The van der Waals surface area contributed by atoms with Gasteiger partial charge >= 0.3 is 0 Å². The number of aliphatic hydroxyl groups is 1. The lowest BCUT2D eigenvalue weighted by Gasteiger charge is -2.22. The molecular formula is C11H21N3O. The van der Waals surface area contributed by atoms with E-state index in [4.69, 9.17) is 10.8 Å². The second-order valence-electron chi connectivity index (χ2n) is 4.30. The third-order valence-corrected chi connectivity index (χ3v) is 2.51. The van der Waals surface area contributed by atoms with E-state index in [1.54, 1.807) is 0 Å². The van der Waals surface area contributed by atoms with Crippen LogP contribution in [0.25, 0.3) is 0 Å². The van der Waals surface area contributed by atoms with E-state index in [9.17, 15) is 0 Å². The fraction of sp³-hybridized carbons (Fsp3) is 0.727. The van der Waals surface area contributed by atoms with Gasteiger partial charge in [0.1, 0.15) is 0 Å². The Kier molecular flexibility index (Phi) is 3.88. The van der Waals surface area contributed by atoms with Gasteiger partial charge < -0.3 is 10.8 Å². The minimum atomic E-state index is -0.596. The molecule has 15 heavy (non-hydrogen) atoms. The lowest BCUT2D eigenvalue weighted by Crippen LogP contribution is -2.44. The van der Waals surface area contributed by atoms with Crippen LogP contribution in [0.5, 0.6) is 0 Å². The minimum absolute atomic E-state index is 0.0303. The average molecular weight is 211 g/mol. The molecule has 0 bridgehead atoms. The molecule has 0 aliphatic heterocycles. The Bertz CT molecular complexity index is 318. The number of nitrogens with two attached hydrogens (primary N) is 1. The summed E-state index contributed by atoms with van der Waals surface area (Å²) in [5.41, 5.74) is 7.58. The highest BCUT2D eigenvalue weighted by atomic mass is 16.3. The number of hydrogen-bond acceptors (Lipinski definition) is 3. The molecular weight excluding hydrogens is 190 g/mol. The molecule has 1 rings (SSSR count). The second-order valence-corrected chi connectivity index (χ2v) is 4.30. The predicted octanol–water partition coefficient (Wildman–Crippen LogP) is 0.718. The summed E-state index contributed by atoms with van der Waals surface area (Å²) in [4.78, 5) is 0. The van der Waals surface area contributed by atoms with Gasteiger partial charge in [-0.25, -0.2) is 0 Å². The number of nitrogens with zero attached hydrogens (tertiary/aromatic N) is 2. The highest BCUT2D eigenvalue weighted by Crippen LogP contribution is 2.10. The van der Waals surface area contributed by atoms with Crippen LogP contribution in [0.4, 0.5) is 0 Å². The Balaban J connectivity index is 2.88. The maximum atomic E-state index is 9.12. The van der Waals surface area contributed by atoms with Crippen molar-refractivity contribution in [3.05, 3.63) is 17.5 Å². The molecule has 0 aliphatic carbocycles. The van der Waals surface area contributed by atoms with Crippen molar-refractivity contribution in [3.63, 3.8) is 0 Å².